The first-order valence-corrected chi connectivity index (χ1v) is 5.69. The van der Waals surface area contributed by atoms with Crippen LogP contribution < -0.4 is 21.5 Å². The standard InChI is InChI=1S/C12H20N4O.2BrH/c1-13-7-8-15-12(17)11-5-3-10(4-6-11)9-16-14-2;;/h3-6,13-14,16H,7-9H2,1-2H3,(H,15,17);2*1H. The number of amides is 1. The average Bonchev–Trinajstić information content (AvgIpc) is 2.37. The Morgan fingerprint density at radius 2 is 1.68 bits per heavy atom. The molecule has 0 fully saturated rings. The van der Waals surface area contributed by atoms with Crippen LogP contribution in [0.5, 0.6) is 0 Å². The van der Waals surface area contributed by atoms with Crippen molar-refractivity contribution in [3.63, 3.8) is 0 Å². The van der Waals surface area contributed by atoms with E-state index in [0.29, 0.717) is 12.1 Å². The van der Waals surface area contributed by atoms with Crippen molar-refractivity contribution in [2.24, 2.45) is 0 Å². The summed E-state index contributed by atoms with van der Waals surface area (Å²) in [6, 6.07) is 7.55. The molecule has 0 bridgehead atoms. The van der Waals surface area contributed by atoms with Crippen LogP contribution in [-0.2, 0) is 6.54 Å². The molecule has 0 aliphatic rings. The van der Waals surface area contributed by atoms with E-state index in [9.17, 15) is 4.79 Å². The largest absolute Gasteiger partial charge is 0.351 e. The fraction of sp³-hybridized carbons (Fsp3) is 0.417. The number of hydrogen-bond acceptors (Lipinski definition) is 4. The predicted molar refractivity (Wildman–Crippen MR) is 89.2 cm³/mol. The molecule has 0 saturated heterocycles. The van der Waals surface area contributed by atoms with E-state index in [4.69, 9.17) is 0 Å². The van der Waals surface area contributed by atoms with Gasteiger partial charge in [-0.25, -0.2) is 0 Å². The smallest absolute Gasteiger partial charge is 0.251 e. The molecule has 1 amide bonds. The lowest BCUT2D eigenvalue weighted by Gasteiger charge is -2.06. The molecule has 0 atom stereocenters. The molecule has 0 spiro atoms. The van der Waals surface area contributed by atoms with Crippen molar-refractivity contribution in [2.75, 3.05) is 27.2 Å². The fourth-order valence-corrected chi connectivity index (χ4v) is 1.37. The summed E-state index contributed by atoms with van der Waals surface area (Å²) >= 11 is 0. The van der Waals surface area contributed by atoms with E-state index in [-0.39, 0.29) is 39.9 Å². The highest BCUT2D eigenvalue weighted by atomic mass is 79.9. The van der Waals surface area contributed by atoms with Crippen LogP contribution >= 0.6 is 34.0 Å². The normalized spacial score (nSPS) is 9.16. The third-order valence-electron chi connectivity index (χ3n) is 2.35. The molecular weight excluding hydrogens is 376 g/mol. The second-order valence-electron chi connectivity index (χ2n) is 3.66. The minimum absolute atomic E-state index is 0. The van der Waals surface area contributed by atoms with E-state index >= 15 is 0 Å². The van der Waals surface area contributed by atoms with Gasteiger partial charge in [-0.15, -0.1) is 34.0 Å². The summed E-state index contributed by atoms with van der Waals surface area (Å²) in [6.45, 7) is 2.15. The van der Waals surface area contributed by atoms with Crippen molar-refractivity contribution in [3.05, 3.63) is 35.4 Å². The monoisotopic (exact) mass is 396 g/mol. The molecular formula is C12H22Br2N4O. The van der Waals surface area contributed by atoms with Crippen molar-refractivity contribution in [3.8, 4) is 0 Å². The Balaban J connectivity index is 0. The number of hydrazine groups is 1. The second-order valence-corrected chi connectivity index (χ2v) is 3.66. The van der Waals surface area contributed by atoms with Crippen molar-refractivity contribution in [1.82, 2.24) is 21.5 Å². The minimum Gasteiger partial charge on any atom is -0.351 e. The summed E-state index contributed by atoms with van der Waals surface area (Å²) in [7, 11) is 3.68. The zero-order valence-corrected chi connectivity index (χ0v) is 14.6. The van der Waals surface area contributed by atoms with Crippen LogP contribution in [0.1, 0.15) is 15.9 Å². The molecule has 5 nitrogen and oxygen atoms in total. The van der Waals surface area contributed by atoms with Crippen molar-refractivity contribution >= 4 is 39.9 Å². The second kappa shape index (κ2) is 12.6. The van der Waals surface area contributed by atoms with Gasteiger partial charge in [0.2, 0.25) is 0 Å². The van der Waals surface area contributed by atoms with Gasteiger partial charge in [0, 0.05) is 25.2 Å². The maximum absolute atomic E-state index is 11.7. The highest BCUT2D eigenvalue weighted by Crippen LogP contribution is 2.03. The molecule has 0 aliphatic heterocycles. The van der Waals surface area contributed by atoms with Gasteiger partial charge in [0.1, 0.15) is 0 Å². The number of rotatable bonds is 7. The summed E-state index contributed by atoms with van der Waals surface area (Å²) in [5.74, 6) is -0.0339. The Morgan fingerprint density at radius 1 is 1.05 bits per heavy atom. The third kappa shape index (κ3) is 8.33. The predicted octanol–water partition coefficient (Wildman–Crippen LogP) is 1.02. The van der Waals surface area contributed by atoms with Crippen LogP contribution in [0.4, 0.5) is 0 Å². The van der Waals surface area contributed by atoms with Gasteiger partial charge < -0.3 is 10.6 Å². The summed E-state index contributed by atoms with van der Waals surface area (Å²) < 4.78 is 0. The summed E-state index contributed by atoms with van der Waals surface area (Å²) in [5, 5.41) is 5.81. The van der Waals surface area contributed by atoms with Crippen LogP contribution in [0.25, 0.3) is 0 Å². The van der Waals surface area contributed by atoms with E-state index < -0.39 is 0 Å². The van der Waals surface area contributed by atoms with E-state index in [2.05, 4.69) is 21.5 Å². The van der Waals surface area contributed by atoms with Gasteiger partial charge in [-0.2, -0.15) is 0 Å². The third-order valence-corrected chi connectivity index (χ3v) is 2.35. The Bertz CT molecular complexity index is 346. The van der Waals surface area contributed by atoms with E-state index in [1.54, 1.807) is 0 Å². The van der Waals surface area contributed by atoms with Crippen molar-refractivity contribution in [2.45, 2.75) is 6.54 Å². The number of likely N-dealkylation sites (N-methyl/N-ethyl adjacent to an activating group) is 1. The lowest BCUT2D eigenvalue weighted by Crippen LogP contribution is -2.30. The highest BCUT2D eigenvalue weighted by Gasteiger charge is 2.03. The van der Waals surface area contributed by atoms with Crippen molar-refractivity contribution in [1.29, 1.82) is 0 Å². The zero-order valence-electron chi connectivity index (χ0n) is 11.2. The summed E-state index contributed by atoms with van der Waals surface area (Å²) in [6.07, 6.45) is 0. The van der Waals surface area contributed by atoms with E-state index in [1.807, 2.05) is 38.4 Å². The number of carbonyl (C=O) groups is 1. The van der Waals surface area contributed by atoms with Gasteiger partial charge >= 0.3 is 0 Å². The molecule has 7 heteroatoms. The Labute approximate surface area is 135 Å². The zero-order chi connectivity index (χ0) is 12.5. The number of halogens is 2. The van der Waals surface area contributed by atoms with Crippen LogP contribution in [-0.4, -0.2) is 33.1 Å². The SMILES string of the molecule is Br.Br.CNCCNC(=O)c1ccc(CNNC)cc1. The highest BCUT2D eigenvalue weighted by molar-refractivity contribution is 8.93. The van der Waals surface area contributed by atoms with Gasteiger partial charge in [0.05, 0.1) is 0 Å². The molecule has 0 radical (unpaired) electrons. The van der Waals surface area contributed by atoms with E-state index in [1.165, 1.54) is 0 Å². The first kappa shape index (κ1) is 20.8. The molecule has 1 aromatic carbocycles. The molecule has 0 saturated carbocycles. The molecule has 110 valence electrons. The van der Waals surface area contributed by atoms with Gasteiger partial charge in [-0.3, -0.25) is 15.6 Å². The van der Waals surface area contributed by atoms with Gasteiger partial charge in [0.15, 0.2) is 0 Å². The quantitative estimate of drug-likeness (QED) is 0.409. The summed E-state index contributed by atoms with van der Waals surface area (Å²) in [4.78, 5) is 11.7. The van der Waals surface area contributed by atoms with Gasteiger partial charge in [-0.05, 0) is 31.8 Å². The van der Waals surface area contributed by atoms with Crippen LogP contribution in [0.15, 0.2) is 24.3 Å². The molecule has 0 aliphatic carbocycles. The number of hydrogen-bond donors (Lipinski definition) is 4. The maximum Gasteiger partial charge on any atom is 0.251 e. The van der Waals surface area contributed by atoms with Gasteiger partial charge in [-0.1, -0.05) is 12.1 Å². The molecule has 1 aromatic rings. The lowest BCUT2D eigenvalue weighted by molar-refractivity contribution is 0.0954. The number of nitrogens with one attached hydrogen (secondary N) is 4. The van der Waals surface area contributed by atoms with Gasteiger partial charge in [0.25, 0.3) is 5.91 Å². The average molecular weight is 398 g/mol. The molecule has 0 heterocycles. The fourth-order valence-electron chi connectivity index (χ4n) is 1.37. The van der Waals surface area contributed by atoms with Crippen LogP contribution in [0.2, 0.25) is 0 Å². The van der Waals surface area contributed by atoms with Crippen LogP contribution in [0, 0.1) is 0 Å². The van der Waals surface area contributed by atoms with E-state index in [0.717, 1.165) is 18.7 Å². The topological polar surface area (TPSA) is 65.2 Å². The number of carbonyl (C=O) groups excluding carboxylic acids is 1. The molecule has 1 rings (SSSR count). The lowest BCUT2D eigenvalue weighted by atomic mass is 10.1. The number of benzene rings is 1. The first-order chi connectivity index (χ1) is 8.27. The Kier molecular flexibility index (Phi) is 13.8. The molecule has 4 N–H and O–H groups in total. The van der Waals surface area contributed by atoms with Crippen LogP contribution in [0.3, 0.4) is 0 Å². The maximum atomic E-state index is 11.7. The van der Waals surface area contributed by atoms with Crippen molar-refractivity contribution < 1.29 is 4.79 Å². The molecule has 0 unspecified atom stereocenters. The minimum atomic E-state index is -0.0339. The molecule has 0 aromatic heterocycles. The Morgan fingerprint density at radius 3 is 2.21 bits per heavy atom. The Hall–Kier alpha value is -0.470. The summed E-state index contributed by atoms with van der Waals surface area (Å²) in [5.41, 5.74) is 7.67. The first-order valence-electron chi connectivity index (χ1n) is 5.69. The molecule has 19 heavy (non-hydrogen) atoms.